The maximum atomic E-state index is 11.0. The second kappa shape index (κ2) is 6.90. The van der Waals surface area contributed by atoms with Crippen molar-refractivity contribution in [2.24, 2.45) is 0 Å². The number of aromatic nitrogens is 2. The summed E-state index contributed by atoms with van der Waals surface area (Å²) < 4.78 is 0. The molecule has 2 aromatic carbocycles. The minimum absolute atomic E-state index is 0.183. The zero-order valence-electron chi connectivity index (χ0n) is 12.7. The van der Waals surface area contributed by atoms with Crippen LogP contribution < -0.4 is 5.32 Å². The van der Waals surface area contributed by atoms with Crippen LogP contribution in [-0.2, 0) is 0 Å². The highest BCUT2D eigenvalue weighted by molar-refractivity contribution is 6.18. The monoisotopic (exact) mass is 345 g/mol. The first-order valence-electron chi connectivity index (χ1n) is 7.38. The lowest BCUT2D eigenvalue weighted by molar-refractivity contribution is 0.0697. The minimum atomic E-state index is -0.970. The molecule has 1 aromatic heterocycles. The smallest absolute Gasteiger partial charge is 0.335 e. The zero-order chi connectivity index (χ0) is 17.1. The number of carboxylic acid groups (broad SMARTS) is 1. The summed E-state index contributed by atoms with van der Waals surface area (Å²) in [5, 5.41) is 21.6. The minimum Gasteiger partial charge on any atom is -0.478 e. The number of rotatable bonds is 6. The number of hydrogen-bond donors (Lipinski definition) is 4. The quantitative estimate of drug-likeness (QED) is 0.515. The van der Waals surface area contributed by atoms with Gasteiger partial charge in [-0.3, -0.25) is 0 Å². The number of aliphatic hydroxyl groups is 1. The molecule has 0 aliphatic carbocycles. The van der Waals surface area contributed by atoms with Crippen LogP contribution in [0.5, 0.6) is 0 Å². The summed E-state index contributed by atoms with van der Waals surface area (Å²) in [6.45, 7) is 0.380. The van der Waals surface area contributed by atoms with Crippen LogP contribution in [0.15, 0.2) is 42.5 Å². The third-order valence-electron chi connectivity index (χ3n) is 3.61. The van der Waals surface area contributed by atoms with Gasteiger partial charge in [0, 0.05) is 17.8 Å². The first kappa shape index (κ1) is 16.3. The average molecular weight is 346 g/mol. The van der Waals surface area contributed by atoms with E-state index in [4.69, 9.17) is 16.7 Å². The van der Waals surface area contributed by atoms with Crippen molar-refractivity contribution < 1.29 is 15.0 Å². The summed E-state index contributed by atoms with van der Waals surface area (Å²) in [6.07, 6.45) is -0.592. The molecule has 0 bridgehead atoms. The number of H-pyrrole nitrogens is 1. The molecule has 1 unspecified atom stereocenters. The molecule has 1 atom stereocenters. The Labute approximate surface area is 143 Å². The van der Waals surface area contributed by atoms with Crippen LogP contribution in [0.2, 0.25) is 0 Å². The number of nitrogens with one attached hydrogen (secondary N) is 2. The lowest BCUT2D eigenvalue weighted by Crippen LogP contribution is -2.20. The molecule has 4 N–H and O–H groups in total. The first-order valence-corrected chi connectivity index (χ1v) is 7.91. The van der Waals surface area contributed by atoms with Crippen LogP contribution in [0.3, 0.4) is 0 Å². The Morgan fingerprint density at radius 2 is 2.00 bits per heavy atom. The predicted molar refractivity (Wildman–Crippen MR) is 93.7 cm³/mol. The highest BCUT2D eigenvalue weighted by atomic mass is 35.5. The first-order chi connectivity index (χ1) is 11.6. The molecule has 3 rings (SSSR count). The van der Waals surface area contributed by atoms with Gasteiger partial charge in [-0.2, -0.15) is 0 Å². The number of aromatic amines is 1. The number of imidazole rings is 1. The standard InChI is InChI=1S/C17H16ClN3O3/c18-8-13(22)9-19-12-4-1-10(2-5-12)16-20-14-6-3-11(17(23)24)7-15(14)21-16/h1-7,13,19,22H,8-9H2,(H,20,21)(H,23,24). The third-order valence-corrected chi connectivity index (χ3v) is 3.96. The molecule has 0 aliphatic rings. The number of carboxylic acids is 1. The molecular formula is C17H16ClN3O3. The van der Waals surface area contributed by atoms with E-state index in [-0.39, 0.29) is 11.4 Å². The van der Waals surface area contributed by atoms with Gasteiger partial charge in [0.15, 0.2) is 0 Å². The lowest BCUT2D eigenvalue weighted by atomic mass is 10.2. The number of fused-ring (bicyclic) bond motifs is 1. The second-order valence-corrected chi connectivity index (χ2v) is 5.70. The zero-order valence-corrected chi connectivity index (χ0v) is 13.4. The Balaban J connectivity index is 1.81. The maximum Gasteiger partial charge on any atom is 0.335 e. The van der Waals surface area contributed by atoms with Gasteiger partial charge >= 0.3 is 5.97 Å². The van der Waals surface area contributed by atoms with E-state index in [9.17, 15) is 9.90 Å². The van der Waals surface area contributed by atoms with Gasteiger partial charge in [-0.15, -0.1) is 11.6 Å². The van der Waals surface area contributed by atoms with Gasteiger partial charge in [-0.1, -0.05) is 0 Å². The Kier molecular flexibility index (Phi) is 4.69. The Bertz CT molecular complexity index is 861. The van der Waals surface area contributed by atoms with Crippen molar-refractivity contribution in [2.75, 3.05) is 17.7 Å². The molecule has 0 fully saturated rings. The van der Waals surface area contributed by atoms with Gasteiger partial charge < -0.3 is 20.5 Å². The summed E-state index contributed by atoms with van der Waals surface area (Å²) in [5.74, 6) is -0.120. The molecule has 0 amide bonds. The van der Waals surface area contributed by atoms with Gasteiger partial charge in [-0.05, 0) is 42.5 Å². The average Bonchev–Trinajstić information content (AvgIpc) is 3.03. The normalized spacial score (nSPS) is 12.2. The van der Waals surface area contributed by atoms with Gasteiger partial charge in [-0.25, -0.2) is 9.78 Å². The summed E-state index contributed by atoms with van der Waals surface area (Å²) in [7, 11) is 0. The highest BCUT2D eigenvalue weighted by Gasteiger charge is 2.09. The van der Waals surface area contributed by atoms with Gasteiger partial charge in [0.05, 0.1) is 28.6 Å². The highest BCUT2D eigenvalue weighted by Crippen LogP contribution is 2.23. The van der Waals surface area contributed by atoms with Crippen molar-refractivity contribution in [3.8, 4) is 11.4 Å². The van der Waals surface area contributed by atoms with E-state index in [1.165, 1.54) is 6.07 Å². The van der Waals surface area contributed by atoms with Crippen LogP contribution in [0.1, 0.15) is 10.4 Å². The van der Waals surface area contributed by atoms with Crippen LogP contribution in [-0.4, -0.2) is 44.7 Å². The molecule has 24 heavy (non-hydrogen) atoms. The van der Waals surface area contributed by atoms with Crippen molar-refractivity contribution in [3.63, 3.8) is 0 Å². The molecule has 0 saturated carbocycles. The molecule has 0 radical (unpaired) electrons. The van der Waals surface area contributed by atoms with Crippen molar-refractivity contribution >= 4 is 34.3 Å². The molecule has 7 heteroatoms. The SMILES string of the molecule is O=C(O)c1ccc2nc(-c3ccc(NCC(O)CCl)cc3)[nH]c2c1. The summed E-state index contributed by atoms with van der Waals surface area (Å²) in [6, 6.07) is 12.3. The lowest BCUT2D eigenvalue weighted by Gasteiger charge is -2.10. The molecule has 6 nitrogen and oxygen atoms in total. The van der Waals surface area contributed by atoms with Crippen molar-refractivity contribution in [3.05, 3.63) is 48.0 Å². The Hall–Kier alpha value is -2.57. The van der Waals surface area contributed by atoms with Gasteiger partial charge in [0.2, 0.25) is 0 Å². The fraction of sp³-hybridized carbons (Fsp3) is 0.176. The van der Waals surface area contributed by atoms with Crippen molar-refractivity contribution in [1.29, 1.82) is 0 Å². The topological polar surface area (TPSA) is 98.2 Å². The molecule has 1 heterocycles. The molecular weight excluding hydrogens is 330 g/mol. The van der Waals surface area contributed by atoms with E-state index in [1.54, 1.807) is 12.1 Å². The van der Waals surface area contributed by atoms with Crippen molar-refractivity contribution in [2.45, 2.75) is 6.10 Å². The van der Waals surface area contributed by atoms with E-state index in [0.717, 1.165) is 11.3 Å². The Morgan fingerprint density at radius 3 is 2.67 bits per heavy atom. The summed E-state index contributed by atoms with van der Waals surface area (Å²) in [4.78, 5) is 18.6. The van der Waals surface area contributed by atoms with Crippen LogP contribution >= 0.6 is 11.6 Å². The van der Waals surface area contributed by atoms with E-state index in [0.29, 0.717) is 23.4 Å². The molecule has 124 valence electrons. The number of nitrogens with zero attached hydrogens (tertiary/aromatic N) is 1. The third kappa shape index (κ3) is 3.50. The fourth-order valence-corrected chi connectivity index (χ4v) is 2.42. The van der Waals surface area contributed by atoms with Gasteiger partial charge in [0.25, 0.3) is 0 Å². The Morgan fingerprint density at radius 1 is 1.25 bits per heavy atom. The van der Waals surface area contributed by atoms with E-state index in [1.807, 2.05) is 24.3 Å². The largest absolute Gasteiger partial charge is 0.478 e. The summed E-state index contributed by atoms with van der Waals surface area (Å²) >= 11 is 5.55. The van der Waals surface area contributed by atoms with E-state index >= 15 is 0 Å². The second-order valence-electron chi connectivity index (χ2n) is 5.39. The van der Waals surface area contributed by atoms with Gasteiger partial charge in [0.1, 0.15) is 5.82 Å². The maximum absolute atomic E-state index is 11.0. The molecule has 0 aliphatic heterocycles. The number of benzene rings is 2. The number of anilines is 1. The number of aliphatic hydroxyl groups excluding tert-OH is 1. The van der Waals surface area contributed by atoms with Crippen LogP contribution in [0.4, 0.5) is 5.69 Å². The number of hydrogen-bond acceptors (Lipinski definition) is 4. The number of halogens is 1. The summed E-state index contributed by atoms with van der Waals surface area (Å²) in [5.41, 5.74) is 3.36. The van der Waals surface area contributed by atoms with Crippen LogP contribution in [0.25, 0.3) is 22.4 Å². The molecule has 0 spiro atoms. The number of carbonyl (C=O) groups is 1. The van der Waals surface area contributed by atoms with Crippen molar-refractivity contribution in [1.82, 2.24) is 9.97 Å². The fourth-order valence-electron chi connectivity index (χ4n) is 2.32. The molecule has 0 saturated heterocycles. The van der Waals surface area contributed by atoms with E-state index in [2.05, 4.69) is 15.3 Å². The predicted octanol–water partition coefficient (Wildman–Crippen LogP) is 2.94. The number of alkyl halides is 1. The number of aromatic carboxylic acids is 1. The molecule has 3 aromatic rings. The van der Waals surface area contributed by atoms with E-state index < -0.39 is 12.1 Å². The van der Waals surface area contributed by atoms with Crippen LogP contribution in [0, 0.1) is 0 Å².